The quantitative estimate of drug-likeness (QED) is 0.290. The maximum Gasteiger partial charge on any atom is 0.256 e. The van der Waals surface area contributed by atoms with Gasteiger partial charge in [0.1, 0.15) is 0 Å². The molecule has 0 unspecified atom stereocenters. The molecule has 0 bridgehead atoms. The first-order chi connectivity index (χ1) is 18.5. The van der Waals surface area contributed by atoms with E-state index in [9.17, 15) is 4.79 Å². The molecule has 1 fully saturated rings. The van der Waals surface area contributed by atoms with E-state index in [1.165, 1.54) is 0 Å². The zero-order valence-electron chi connectivity index (χ0n) is 21.2. The molecule has 1 amide bonds. The summed E-state index contributed by atoms with van der Waals surface area (Å²) in [6.45, 7) is 5.60. The highest BCUT2D eigenvalue weighted by molar-refractivity contribution is 7.13. The molecule has 4 heterocycles. The molecule has 38 heavy (non-hydrogen) atoms. The van der Waals surface area contributed by atoms with Gasteiger partial charge >= 0.3 is 0 Å². The summed E-state index contributed by atoms with van der Waals surface area (Å²) < 4.78 is 1.81. The Morgan fingerprint density at radius 2 is 1.79 bits per heavy atom. The fourth-order valence-electron chi connectivity index (χ4n) is 4.89. The Bertz CT molecular complexity index is 1610. The summed E-state index contributed by atoms with van der Waals surface area (Å²) in [5.41, 5.74) is 5.21. The number of benzene rings is 2. The van der Waals surface area contributed by atoms with Crippen LogP contribution in [0.25, 0.3) is 27.3 Å². The van der Waals surface area contributed by atoms with Crippen LogP contribution in [-0.2, 0) is 0 Å². The van der Waals surface area contributed by atoms with Gasteiger partial charge in [-0.15, -0.1) is 11.3 Å². The molecule has 9 heteroatoms. The SMILES string of the molecule is Cc1nn(-c2ccccc2)c2nc(-c3cccs3)cc(C(=O)Nc3cc(Cl)ccc3N3CCN(C)CC3)c12. The van der Waals surface area contributed by atoms with Gasteiger partial charge in [0.2, 0.25) is 0 Å². The van der Waals surface area contributed by atoms with E-state index in [0.29, 0.717) is 21.9 Å². The van der Waals surface area contributed by atoms with Gasteiger partial charge < -0.3 is 15.1 Å². The van der Waals surface area contributed by atoms with Gasteiger partial charge in [-0.1, -0.05) is 35.9 Å². The first kappa shape index (κ1) is 24.6. The van der Waals surface area contributed by atoms with Crippen molar-refractivity contribution in [1.29, 1.82) is 0 Å². The minimum atomic E-state index is -0.219. The topological polar surface area (TPSA) is 66.3 Å². The number of piperazine rings is 1. The predicted octanol–water partition coefficient (Wildman–Crippen LogP) is 6.11. The number of thiophene rings is 1. The number of carbonyl (C=O) groups excluding carboxylic acids is 1. The number of nitrogens with one attached hydrogen (secondary N) is 1. The number of hydrogen-bond donors (Lipinski definition) is 1. The largest absolute Gasteiger partial charge is 0.367 e. The van der Waals surface area contributed by atoms with Gasteiger partial charge in [0.05, 0.1) is 44.3 Å². The average Bonchev–Trinajstić information content (AvgIpc) is 3.58. The normalized spacial score (nSPS) is 14.2. The van der Waals surface area contributed by atoms with Crippen molar-refractivity contribution < 1.29 is 4.79 Å². The monoisotopic (exact) mass is 542 g/mol. The average molecular weight is 543 g/mol. The van der Waals surface area contributed by atoms with Crippen molar-refractivity contribution in [1.82, 2.24) is 19.7 Å². The Kier molecular flexibility index (Phi) is 6.61. The summed E-state index contributed by atoms with van der Waals surface area (Å²) in [6, 6.07) is 21.4. The van der Waals surface area contributed by atoms with Crippen LogP contribution < -0.4 is 10.2 Å². The zero-order valence-corrected chi connectivity index (χ0v) is 22.8. The number of rotatable bonds is 5. The smallest absolute Gasteiger partial charge is 0.256 e. The van der Waals surface area contributed by atoms with Gasteiger partial charge in [0, 0.05) is 31.2 Å². The number of carbonyl (C=O) groups is 1. The second-order valence-electron chi connectivity index (χ2n) is 9.47. The molecule has 0 atom stereocenters. The van der Waals surface area contributed by atoms with E-state index < -0.39 is 0 Å². The second-order valence-corrected chi connectivity index (χ2v) is 10.9. The van der Waals surface area contributed by atoms with Crippen LogP contribution in [0, 0.1) is 6.92 Å². The number of hydrogen-bond acceptors (Lipinski definition) is 6. The summed E-state index contributed by atoms with van der Waals surface area (Å²) in [5.74, 6) is -0.219. The van der Waals surface area contributed by atoms with Crippen LogP contribution >= 0.6 is 22.9 Å². The molecule has 5 aromatic rings. The maximum absolute atomic E-state index is 14.0. The number of halogens is 1. The highest BCUT2D eigenvalue weighted by Gasteiger charge is 2.23. The number of aromatic nitrogens is 3. The number of para-hydroxylation sites is 1. The van der Waals surface area contributed by atoms with E-state index in [4.69, 9.17) is 21.7 Å². The van der Waals surface area contributed by atoms with Crippen LogP contribution in [0.4, 0.5) is 11.4 Å². The van der Waals surface area contributed by atoms with Crippen LogP contribution in [0.15, 0.2) is 72.1 Å². The highest BCUT2D eigenvalue weighted by atomic mass is 35.5. The molecule has 1 N–H and O–H groups in total. The van der Waals surface area contributed by atoms with Crippen molar-refractivity contribution in [2.75, 3.05) is 43.4 Å². The molecule has 2 aromatic carbocycles. The Morgan fingerprint density at radius 3 is 2.53 bits per heavy atom. The fourth-order valence-corrected chi connectivity index (χ4v) is 5.75. The standard InChI is InChI=1S/C29H27ClN6OS/c1-19-27-22(29(37)32-23-17-20(30)10-11-25(23)35-14-12-34(2)13-15-35)18-24(26-9-6-16-38-26)31-28(27)36(33-19)21-7-4-3-5-8-21/h3-11,16-18H,12-15H2,1-2H3,(H,32,37). The Labute approximate surface area is 230 Å². The number of fused-ring (bicyclic) bond motifs is 1. The number of pyridine rings is 1. The van der Waals surface area contributed by atoms with Crippen molar-refractivity contribution in [3.63, 3.8) is 0 Å². The van der Waals surface area contributed by atoms with Gasteiger partial charge in [-0.3, -0.25) is 4.79 Å². The molecule has 1 aliphatic rings. The number of likely N-dealkylation sites (N-methyl/N-ethyl adjacent to an activating group) is 1. The molecule has 1 saturated heterocycles. The van der Waals surface area contributed by atoms with Crippen LogP contribution in [0.2, 0.25) is 5.02 Å². The Balaban J connectivity index is 1.46. The summed E-state index contributed by atoms with van der Waals surface area (Å²) >= 11 is 7.98. The van der Waals surface area contributed by atoms with Crippen molar-refractivity contribution in [3.8, 4) is 16.3 Å². The molecular formula is C29H27ClN6OS. The van der Waals surface area contributed by atoms with E-state index in [1.807, 2.05) is 83.7 Å². The lowest BCUT2D eigenvalue weighted by molar-refractivity contribution is 0.102. The third-order valence-electron chi connectivity index (χ3n) is 6.88. The van der Waals surface area contributed by atoms with Gasteiger partial charge in [0.25, 0.3) is 5.91 Å². The summed E-state index contributed by atoms with van der Waals surface area (Å²) in [5, 5.41) is 11.3. The third kappa shape index (κ3) is 4.67. The van der Waals surface area contributed by atoms with E-state index in [1.54, 1.807) is 11.3 Å². The molecule has 3 aromatic heterocycles. The molecular weight excluding hydrogens is 516 g/mol. The van der Waals surface area contributed by atoms with E-state index in [0.717, 1.165) is 59.2 Å². The first-order valence-electron chi connectivity index (χ1n) is 12.5. The maximum atomic E-state index is 14.0. The van der Waals surface area contributed by atoms with Gasteiger partial charge in [-0.25, -0.2) is 9.67 Å². The van der Waals surface area contributed by atoms with Crippen LogP contribution in [-0.4, -0.2) is 58.8 Å². The number of amides is 1. The highest BCUT2D eigenvalue weighted by Crippen LogP contribution is 2.34. The summed E-state index contributed by atoms with van der Waals surface area (Å²) in [6.07, 6.45) is 0. The van der Waals surface area contributed by atoms with Crippen molar-refractivity contribution >= 4 is 51.3 Å². The molecule has 6 rings (SSSR count). The van der Waals surface area contributed by atoms with E-state index >= 15 is 0 Å². The molecule has 1 aliphatic heterocycles. The summed E-state index contributed by atoms with van der Waals surface area (Å²) in [4.78, 5) is 24.6. The first-order valence-corrected chi connectivity index (χ1v) is 13.8. The van der Waals surface area contributed by atoms with Crippen LogP contribution in [0.5, 0.6) is 0 Å². The fraction of sp³-hybridized carbons (Fsp3) is 0.207. The second kappa shape index (κ2) is 10.2. The molecule has 0 spiro atoms. The van der Waals surface area contributed by atoms with Gasteiger partial charge in [-0.05, 0) is 61.8 Å². The third-order valence-corrected chi connectivity index (χ3v) is 8.01. The van der Waals surface area contributed by atoms with E-state index in [-0.39, 0.29) is 5.91 Å². The van der Waals surface area contributed by atoms with Crippen molar-refractivity contribution in [2.45, 2.75) is 6.92 Å². The molecule has 192 valence electrons. The predicted molar refractivity (Wildman–Crippen MR) is 156 cm³/mol. The van der Waals surface area contributed by atoms with Gasteiger partial charge in [-0.2, -0.15) is 5.10 Å². The van der Waals surface area contributed by atoms with Crippen LogP contribution in [0.3, 0.4) is 0 Å². The minimum Gasteiger partial charge on any atom is -0.367 e. The number of aryl methyl sites for hydroxylation is 1. The van der Waals surface area contributed by atoms with Crippen molar-refractivity contribution in [3.05, 3.63) is 88.4 Å². The zero-order chi connectivity index (χ0) is 26.2. The number of anilines is 2. The molecule has 0 aliphatic carbocycles. The Morgan fingerprint density at radius 1 is 1.00 bits per heavy atom. The minimum absolute atomic E-state index is 0.219. The van der Waals surface area contributed by atoms with E-state index in [2.05, 4.69) is 22.2 Å². The molecule has 0 saturated carbocycles. The lowest BCUT2D eigenvalue weighted by atomic mass is 10.1. The molecule has 7 nitrogen and oxygen atoms in total. The van der Waals surface area contributed by atoms with Gasteiger partial charge in [0.15, 0.2) is 5.65 Å². The lowest BCUT2D eigenvalue weighted by Crippen LogP contribution is -2.44. The van der Waals surface area contributed by atoms with Crippen LogP contribution in [0.1, 0.15) is 16.1 Å². The number of nitrogens with zero attached hydrogens (tertiary/aromatic N) is 5. The lowest BCUT2D eigenvalue weighted by Gasteiger charge is -2.35. The Hall–Kier alpha value is -3.72. The molecule has 0 radical (unpaired) electrons. The van der Waals surface area contributed by atoms with Crippen molar-refractivity contribution in [2.24, 2.45) is 0 Å². The summed E-state index contributed by atoms with van der Waals surface area (Å²) in [7, 11) is 2.12.